The van der Waals surface area contributed by atoms with Gasteiger partial charge in [0.2, 0.25) is 0 Å². The summed E-state index contributed by atoms with van der Waals surface area (Å²) < 4.78 is 5.53. The Morgan fingerprint density at radius 3 is 2.94 bits per heavy atom. The number of fused-ring (bicyclic) bond motifs is 1. The van der Waals surface area contributed by atoms with E-state index >= 15 is 0 Å². The Morgan fingerprint density at radius 1 is 1.38 bits per heavy atom. The Balaban J connectivity index is 1.92. The van der Waals surface area contributed by atoms with Crippen molar-refractivity contribution in [2.45, 2.75) is 5.22 Å². The molecule has 3 N–H and O–H groups in total. The van der Waals surface area contributed by atoms with Crippen LogP contribution in [0.2, 0.25) is 0 Å². The molecule has 84 valence electrons. The van der Waals surface area contributed by atoms with Crippen LogP contribution in [0.5, 0.6) is 0 Å². The first kappa shape index (κ1) is 11.3. The second kappa shape index (κ2) is 5.27. The van der Waals surface area contributed by atoms with Crippen molar-refractivity contribution >= 4 is 39.8 Å². The van der Waals surface area contributed by atoms with Crippen LogP contribution in [0.25, 0.3) is 11.1 Å². The van der Waals surface area contributed by atoms with Gasteiger partial charge in [-0.15, -0.1) is 0 Å². The standard InChI is InChI=1S/C10H11N3OS2/c11-9(12)15-5-6-16-10-13-7-3-1-2-4-8(7)14-10/h1-4H,5-6H2,(H3,11,12). The van der Waals surface area contributed by atoms with Gasteiger partial charge in [0.05, 0.1) is 0 Å². The highest BCUT2D eigenvalue weighted by molar-refractivity contribution is 8.14. The molecule has 0 aliphatic rings. The molecule has 0 saturated carbocycles. The number of oxazole rings is 1. The van der Waals surface area contributed by atoms with Gasteiger partial charge < -0.3 is 10.2 Å². The zero-order valence-corrected chi connectivity index (χ0v) is 10.1. The third-order valence-electron chi connectivity index (χ3n) is 1.84. The Labute approximate surface area is 101 Å². The molecule has 6 heteroatoms. The van der Waals surface area contributed by atoms with Crippen molar-refractivity contribution in [3.05, 3.63) is 24.3 Å². The molecule has 0 radical (unpaired) electrons. The minimum absolute atomic E-state index is 0.151. The zero-order chi connectivity index (χ0) is 11.4. The van der Waals surface area contributed by atoms with Crippen LogP contribution in [0.15, 0.2) is 33.9 Å². The SMILES string of the molecule is N=C(N)SCCSc1nc2ccccc2o1. The van der Waals surface area contributed by atoms with Crippen molar-refractivity contribution in [2.24, 2.45) is 5.73 Å². The van der Waals surface area contributed by atoms with Crippen molar-refractivity contribution in [3.63, 3.8) is 0 Å². The first-order valence-corrected chi connectivity index (χ1v) is 6.68. The molecular weight excluding hydrogens is 242 g/mol. The Morgan fingerprint density at radius 2 is 2.19 bits per heavy atom. The summed E-state index contributed by atoms with van der Waals surface area (Å²) in [7, 11) is 0. The molecule has 16 heavy (non-hydrogen) atoms. The van der Waals surface area contributed by atoms with E-state index < -0.39 is 0 Å². The molecular formula is C10H11N3OS2. The Bertz CT molecular complexity index is 465. The van der Waals surface area contributed by atoms with E-state index in [0.29, 0.717) is 5.22 Å². The minimum Gasteiger partial charge on any atom is -0.431 e. The minimum atomic E-state index is 0.151. The number of para-hydroxylation sites is 2. The van der Waals surface area contributed by atoms with Crippen molar-refractivity contribution < 1.29 is 4.42 Å². The van der Waals surface area contributed by atoms with Gasteiger partial charge in [0.25, 0.3) is 5.22 Å². The average Bonchev–Trinajstić information content (AvgIpc) is 2.66. The zero-order valence-electron chi connectivity index (χ0n) is 8.47. The number of thioether (sulfide) groups is 2. The summed E-state index contributed by atoms with van der Waals surface area (Å²) in [4.78, 5) is 4.33. The third kappa shape index (κ3) is 2.93. The molecule has 4 nitrogen and oxygen atoms in total. The van der Waals surface area contributed by atoms with Crippen LogP contribution in [-0.4, -0.2) is 21.7 Å². The van der Waals surface area contributed by atoms with Crippen LogP contribution in [0, 0.1) is 5.41 Å². The highest BCUT2D eigenvalue weighted by Gasteiger charge is 2.04. The summed E-state index contributed by atoms with van der Waals surface area (Å²) in [6.45, 7) is 0. The van der Waals surface area contributed by atoms with Crippen molar-refractivity contribution in [3.8, 4) is 0 Å². The maximum absolute atomic E-state index is 7.06. The van der Waals surface area contributed by atoms with Gasteiger partial charge in [0.15, 0.2) is 10.8 Å². The fraction of sp³-hybridized carbons (Fsp3) is 0.200. The lowest BCUT2D eigenvalue weighted by molar-refractivity contribution is 0.489. The van der Waals surface area contributed by atoms with Crippen LogP contribution >= 0.6 is 23.5 Å². The van der Waals surface area contributed by atoms with Gasteiger partial charge in [-0.05, 0) is 12.1 Å². The molecule has 1 aromatic heterocycles. The van der Waals surface area contributed by atoms with Crippen LogP contribution in [0.3, 0.4) is 0 Å². The largest absolute Gasteiger partial charge is 0.431 e. The van der Waals surface area contributed by atoms with E-state index in [-0.39, 0.29) is 5.17 Å². The maximum atomic E-state index is 7.06. The first-order chi connectivity index (χ1) is 7.75. The van der Waals surface area contributed by atoms with E-state index in [1.54, 1.807) is 0 Å². The van der Waals surface area contributed by atoms with Gasteiger partial charge in [-0.1, -0.05) is 35.7 Å². The molecule has 1 heterocycles. The molecule has 0 fully saturated rings. The second-order valence-corrected chi connectivity index (χ2v) is 5.19. The highest BCUT2D eigenvalue weighted by Crippen LogP contribution is 2.23. The van der Waals surface area contributed by atoms with Gasteiger partial charge in [-0.2, -0.15) is 0 Å². The number of benzene rings is 1. The molecule has 0 saturated heterocycles. The molecule has 0 spiro atoms. The number of hydrogen-bond donors (Lipinski definition) is 2. The molecule has 1 aromatic carbocycles. The van der Waals surface area contributed by atoms with E-state index in [1.807, 2.05) is 24.3 Å². The molecule has 2 rings (SSSR count). The van der Waals surface area contributed by atoms with E-state index in [2.05, 4.69) is 4.98 Å². The third-order valence-corrected chi connectivity index (χ3v) is 3.65. The summed E-state index contributed by atoms with van der Waals surface area (Å²) in [6.07, 6.45) is 0. The second-order valence-electron chi connectivity index (χ2n) is 3.01. The molecule has 0 atom stereocenters. The number of nitrogens with one attached hydrogen (secondary N) is 1. The van der Waals surface area contributed by atoms with Crippen LogP contribution in [-0.2, 0) is 0 Å². The highest BCUT2D eigenvalue weighted by atomic mass is 32.2. The average molecular weight is 253 g/mol. The summed E-state index contributed by atoms with van der Waals surface area (Å²) in [5.41, 5.74) is 6.92. The van der Waals surface area contributed by atoms with Crippen molar-refractivity contribution in [2.75, 3.05) is 11.5 Å². The van der Waals surface area contributed by atoms with Crippen LogP contribution < -0.4 is 5.73 Å². The van der Waals surface area contributed by atoms with Gasteiger partial charge in [-0.25, -0.2) is 4.98 Å². The van der Waals surface area contributed by atoms with E-state index in [1.165, 1.54) is 23.5 Å². The lowest BCUT2D eigenvalue weighted by Gasteiger charge is -1.95. The molecule has 2 aromatic rings. The van der Waals surface area contributed by atoms with E-state index in [4.69, 9.17) is 15.6 Å². The lowest BCUT2D eigenvalue weighted by atomic mass is 10.3. The first-order valence-electron chi connectivity index (χ1n) is 4.71. The predicted octanol–water partition coefficient (Wildman–Crippen LogP) is 2.55. The summed E-state index contributed by atoms with van der Waals surface area (Å²) in [5.74, 6) is 1.62. The van der Waals surface area contributed by atoms with Crippen molar-refractivity contribution in [1.29, 1.82) is 5.41 Å². The van der Waals surface area contributed by atoms with Gasteiger partial charge in [0.1, 0.15) is 5.52 Å². The maximum Gasteiger partial charge on any atom is 0.256 e. The smallest absolute Gasteiger partial charge is 0.256 e. The van der Waals surface area contributed by atoms with E-state index in [0.717, 1.165) is 22.6 Å². The number of nitrogens with two attached hydrogens (primary N) is 1. The summed E-state index contributed by atoms with van der Waals surface area (Å²) in [5, 5.41) is 7.88. The van der Waals surface area contributed by atoms with E-state index in [9.17, 15) is 0 Å². The molecule has 0 bridgehead atoms. The van der Waals surface area contributed by atoms with Crippen LogP contribution in [0.4, 0.5) is 0 Å². The molecule has 0 aliphatic carbocycles. The van der Waals surface area contributed by atoms with Gasteiger partial charge >= 0.3 is 0 Å². The Hall–Kier alpha value is -1.14. The monoisotopic (exact) mass is 253 g/mol. The fourth-order valence-electron chi connectivity index (χ4n) is 1.19. The number of aromatic nitrogens is 1. The normalized spacial score (nSPS) is 10.8. The predicted molar refractivity (Wildman–Crippen MR) is 69.1 cm³/mol. The fourth-order valence-corrected chi connectivity index (χ4v) is 2.57. The summed E-state index contributed by atoms with van der Waals surface area (Å²) in [6, 6.07) is 7.68. The van der Waals surface area contributed by atoms with Gasteiger partial charge in [0, 0.05) is 11.5 Å². The molecule has 0 amide bonds. The quantitative estimate of drug-likeness (QED) is 0.379. The van der Waals surface area contributed by atoms with Gasteiger partial charge in [-0.3, -0.25) is 5.41 Å². The van der Waals surface area contributed by atoms with Crippen LogP contribution in [0.1, 0.15) is 0 Å². The number of rotatable bonds is 4. The number of hydrogen-bond acceptors (Lipinski definition) is 5. The number of nitrogens with zero attached hydrogens (tertiary/aromatic N) is 1. The number of amidine groups is 1. The molecule has 0 unspecified atom stereocenters. The Kier molecular flexibility index (Phi) is 3.74. The summed E-state index contributed by atoms with van der Waals surface area (Å²) >= 11 is 2.87. The topological polar surface area (TPSA) is 75.9 Å². The lowest BCUT2D eigenvalue weighted by Crippen LogP contribution is -2.05. The molecule has 0 aliphatic heterocycles. The van der Waals surface area contributed by atoms with Crippen molar-refractivity contribution in [1.82, 2.24) is 4.98 Å².